The number of nitrogens with zero attached hydrogens (tertiary/aromatic N) is 2. The maximum Gasteiger partial charge on any atom is 0.345 e. The third kappa shape index (κ3) is 2.90. The first-order valence-corrected chi connectivity index (χ1v) is 7.33. The molecule has 118 valence electrons. The third-order valence-corrected chi connectivity index (χ3v) is 4.13. The standard InChI is InChI=1S/C14H10FN3O4S/c1-7-9-4-8(15)2-3-11(9)22-13(7)10(19)5-16-14-17-6-12(23-14)18(20)21/h2-4,6H,5H2,1H3,(H,16,17). The normalized spacial score (nSPS) is 10.9. The number of rotatable bonds is 5. The number of ketones is 1. The van der Waals surface area contributed by atoms with Crippen molar-refractivity contribution in [2.75, 3.05) is 11.9 Å². The molecule has 3 rings (SSSR count). The van der Waals surface area contributed by atoms with Gasteiger partial charge in [-0.1, -0.05) is 0 Å². The fraction of sp³-hybridized carbons (Fsp3) is 0.143. The largest absolute Gasteiger partial charge is 0.453 e. The molecular formula is C14H10FN3O4S. The number of benzene rings is 1. The van der Waals surface area contributed by atoms with Crippen molar-refractivity contribution in [3.05, 3.63) is 51.7 Å². The Labute approximate surface area is 132 Å². The van der Waals surface area contributed by atoms with Gasteiger partial charge in [-0.15, -0.1) is 0 Å². The number of fused-ring (bicyclic) bond motifs is 1. The Morgan fingerprint density at radius 3 is 3.00 bits per heavy atom. The second-order valence-electron chi connectivity index (χ2n) is 4.73. The number of aromatic nitrogens is 1. The number of furan rings is 1. The van der Waals surface area contributed by atoms with Gasteiger partial charge < -0.3 is 9.73 Å². The number of thiazole rings is 1. The average Bonchev–Trinajstić information content (AvgIpc) is 3.11. The summed E-state index contributed by atoms with van der Waals surface area (Å²) < 4.78 is 18.7. The van der Waals surface area contributed by atoms with E-state index in [9.17, 15) is 19.3 Å². The van der Waals surface area contributed by atoms with Crippen molar-refractivity contribution in [2.24, 2.45) is 0 Å². The first-order chi connectivity index (χ1) is 11.0. The van der Waals surface area contributed by atoms with Crippen molar-refractivity contribution in [3.8, 4) is 0 Å². The van der Waals surface area contributed by atoms with E-state index in [-0.39, 0.29) is 28.2 Å². The molecule has 1 aromatic carbocycles. The van der Waals surface area contributed by atoms with E-state index < -0.39 is 10.7 Å². The number of halogens is 1. The Bertz CT molecular complexity index is 918. The monoisotopic (exact) mass is 335 g/mol. The number of carbonyl (C=O) groups is 1. The van der Waals surface area contributed by atoms with Crippen LogP contribution in [0.15, 0.2) is 28.8 Å². The summed E-state index contributed by atoms with van der Waals surface area (Å²) >= 11 is 0.836. The molecule has 0 radical (unpaired) electrons. The first kappa shape index (κ1) is 15.1. The number of aryl methyl sites for hydroxylation is 1. The van der Waals surface area contributed by atoms with E-state index in [2.05, 4.69) is 10.3 Å². The van der Waals surface area contributed by atoms with Crippen LogP contribution in [0.1, 0.15) is 16.1 Å². The van der Waals surface area contributed by atoms with Crippen molar-refractivity contribution < 1.29 is 18.5 Å². The molecule has 23 heavy (non-hydrogen) atoms. The van der Waals surface area contributed by atoms with Crippen molar-refractivity contribution >= 4 is 38.2 Å². The van der Waals surface area contributed by atoms with Crippen molar-refractivity contribution in [1.29, 1.82) is 0 Å². The van der Waals surface area contributed by atoms with Gasteiger partial charge in [0, 0.05) is 10.9 Å². The van der Waals surface area contributed by atoms with Gasteiger partial charge >= 0.3 is 5.00 Å². The minimum Gasteiger partial charge on any atom is -0.453 e. The summed E-state index contributed by atoms with van der Waals surface area (Å²) in [6, 6.07) is 4.03. The Balaban J connectivity index is 1.77. The van der Waals surface area contributed by atoms with Gasteiger partial charge in [-0.25, -0.2) is 9.37 Å². The summed E-state index contributed by atoms with van der Waals surface area (Å²) in [4.78, 5) is 26.1. The van der Waals surface area contributed by atoms with Crippen LogP contribution in [0.25, 0.3) is 11.0 Å². The predicted molar refractivity (Wildman–Crippen MR) is 82.5 cm³/mol. The molecule has 7 nitrogen and oxygen atoms in total. The lowest BCUT2D eigenvalue weighted by molar-refractivity contribution is -0.380. The number of nitro groups is 1. The van der Waals surface area contributed by atoms with E-state index in [1.54, 1.807) is 6.92 Å². The lowest BCUT2D eigenvalue weighted by atomic mass is 10.1. The number of hydrogen-bond acceptors (Lipinski definition) is 7. The molecule has 2 heterocycles. The Kier molecular flexibility index (Phi) is 3.78. The second-order valence-corrected chi connectivity index (χ2v) is 5.74. The lowest BCUT2D eigenvalue weighted by Crippen LogP contribution is -2.14. The molecule has 0 spiro atoms. The highest BCUT2D eigenvalue weighted by molar-refractivity contribution is 7.18. The first-order valence-electron chi connectivity index (χ1n) is 6.51. The highest BCUT2D eigenvalue weighted by atomic mass is 32.1. The van der Waals surface area contributed by atoms with Crippen molar-refractivity contribution in [2.45, 2.75) is 6.92 Å². The summed E-state index contributed by atoms with van der Waals surface area (Å²) in [6.45, 7) is 1.54. The number of hydrogen-bond donors (Lipinski definition) is 1. The molecule has 0 bridgehead atoms. The van der Waals surface area contributed by atoms with Crippen LogP contribution in [-0.2, 0) is 0 Å². The molecule has 0 amide bonds. The van der Waals surface area contributed by atoms with Gasteiger partial charge in [0.25, 0.3) is 0 Å². The van der Waals surface area contributed by atoms with Crippen LogP contribution in [0, 0.1) is 22.9 Å². The zero-order valence-corrected chi connectivity index (χ0v) is 12.6. The molecule has 0 saturated heterocycles. The molecule has 1 N–H and O–H groups in total. The molecule has 0 aliphatic heterocycles. The maximum absolute atomic E-state index is 13.3. The molecule has 0 unspecified atom stereocenters. The van der Waals surface area contributed by atoms with Crippen molar-refractivity contribution in [1.82, 2.24) is 4.98 Å². The molecule has 3 aromatic rings. The number of carbonyl (C=O) groups excluding carboxylic acids is 1. The fourth-order valence-electron chi connectivity index (χ4n) is 2.13. The average molecular weight is 335 g/mol. The molecule has 0 aliphatic rings. The zero-order chi connectivity index (χ0) is 16.6. The molecule has 2 aromatic heterocycles. The van der Waals surface area contributed by atoms with E-state index in [1.807, 2.05) is 0 Å². The highest BCUT2D eigenvalue weighted by Gasteiger charge is 2.19. The molecule has 0 atom stereocenters. The summed E-state index contributed by atoms with van der Waals surface area (Å²) in [5, 5.41) is 14.0. The van der Waals surface area contributed by atoms with Gasteiger partial charge in [0.2, 0.25) is 5.78 Å². The summed E-state index contributed by atoms with van der Waals surface area (Å²) in [5.41, 5.74) is 0.980. The Morgan fingerprint density at radius 1 is 1.52 bits per heavy atom. The summed E-state index contributed by atoms with van der Waals surface area (Å²) in [6.07, 6.45) is 1.12. The topological polar surface area (TPSA) is 98.3 Å². The third-order valence-electron chi connectivity index (χ3n) is 3.23. The van der Waals surface area contributed by atoms with Crippen LogP contribution in [-0.4, -0.2) is 22.2 Å². The maximum atomic E-state index is 13.3. The van der Waals surface area contributed by atoms with Gasteiger partial charge in [0.1, 0.15) is 17.6 Å². The Morgan fingerprint density at radius 2 is 2.30 bits per heavy atom. The van der Waals surface area contributed by atoms with Crippen LogP contribution in [0.5, 0.6) is 0 Å². The zero-order valence-electron chi connectivity index (χ0n) is 11.8. The molecular weight excluding hydrogens is 325 g/mol. The Hall–Kier alpha value is -2.81. The lowest BCUT2D eigenvalue weighted by Gasteiger charge is -2.00. The minimum absolute atomic E-state index is 0.115. The van der Waals surface area contributed by atoms with Crippen LogP contribution < -0.4 is 5.32 Å². The van der Waals surface area contributed by atoms with Gasteiger partial charge in [-0.3, -0.25) is 14.9 Å². The summed E-state index contributed by atoms with van der Waals surface area (Å²) in [7, 11) is 0. The smallest absolute Gasteiger partial charge is 0.345 e. The van der Waals surface area contributed by atoms with E-state index in [0.717, 1.165) is 17.5 Å². The van der Waals surface area contributed by atoms with Gasteiger partial charge in [0.15, 0.2) is 10.9 Å². The SMILES string of the molecule is Cc1c(C(=O)CNc2ncc([N+](=O)[O-])s2)oc2ccc(F)cc12. The van der Waals surface area contributed by atoms with Crippen LogP contribution in [0.4, 0.5) is 14.5 Å². The van der Waals surface area contributed by atoms with E-state index in [1.165, 1.54) is 18.2 Å². The number of anilines is 1. The van der Waals surface area contributed by atoms with Crippen molar-refractivity contribution in [3.63, 3.8) is 0 Å². The quantitative estimate of drug-likeness (QED) is 0.435. The molecule has 0 fully saturated rings. The second kappa shape index (κ2) is 5.76. The fourth-order valence-corrected chi connectivity index (χ4v) is 2.75. The van der Waals surface area contributed by atoms with Crippen LogP contribution >= 0.6 is 11.3 Å². The number of nitrogens with one attached hydrogen (secondary N) is 1. The highest BCUT2D eigenvalue weighted by Crippen LogP contribution is 2.27. The van der Waals surface area contributed by atoms with Gasteiger partial charge in [-0.2, -0.15) is 0 Å². The van der Waals surface area contributed by atoms with Gasteiger partial charge in [-0.05, 0) is 36.5 Å². The summed E-state index contributed by atoms with van der Waals surface area (Å²) in [5.74, 6) is -0.630. The van der Waals surface area contributed by atoms with Crippen LogP contribution in [0.2, 0.25) is 0 Å². The molecule has 0 saturated carbocycles. The van der Waals surface area contributed by atoms with E-state index >= 15 is 0 Å². The number of Topliss-reactive ketones (excluding diaryl/α,β-unsaturated/α-hetero) is 1. The molecule has 9 heteroatoms. The van der Waals surface area contributed by atoms with Gasteiger partial charge in [0.05, 0.1) is 11.5 Å². The van der Waals surface area contributed by atoms with Crippen LogP contribution in [0.3, 0.4) is 0 Å². The van der Waals surface area contributed by atoms with E-state index in [4.69, 9.17) is 4.42 Å². The molecule has 0 aliphatic carbocycles. The predicted octanol–water partition coefficient (Wildman–Crippen LogP) is 3.54. The minimum atomic E-state index is -0.553. The van der Waals surface area contributed by atoms with E-state index in [0.29, 0.717) is 16.5 Å².